The van der Waals surface area contributed by atoms with Crippen molar-refractivity contribution in [3.8, 4) is 33.8 Å². The summed E-state index contributed by atoms with van der Waals surface area (Å²) in [7, 11) is -8.68. The summed E-state index contributed by atoms with van der Waals surface area (Å²) in [5.74, 6) is 0.469. The van der Waals surface area contributed by atoms with Gasteiger partial charge in [0, 0.05) is 22.3 Å². The van der Waals surface area contributed by atoms with Crippen molar-refractivity contribution in [3.63, 3.8) is 0 Å². The fraction of sp³-hybridized carbons (Fsp3) is 0. The van der Waals surface area contributed by atoms with Crippen LogP contribution in [0, 0.1) is 0 Å². The van der Waals surface area contributed by atoms with Crippen LogP contribution in [0.1, 0.15) is 0 Å². The van der Waals surface area contributed by atoms with Gasteiger partial charge in [-0.05, 0) is 36.4 Å². The summed E-state index contributed by atoms with van der Waals surface area (Å²) < 4.78 is 51.8. The van der Waals surface area contributed by atoms with Crippen molar-refractivity contribution < 1.29 is 27.4 Å². The minimum Gasteiger partial charge on any atom is -0.411 e. The van der Waals surface area contributed by atoms with Gasteiger partial charge in [0.15, 0.2) is 0 Å². The first kappa shape index (κ1) is 28.3. The SMILES string of the molecule is O=c1c2cc3c(=O)n(OP4(=O)Oc5ccccc5-c5ccccc54)c(=O)c3cc2c(=O)n1OP1(=O)Oc2ccccc2-c2ccccc21. The average Bonchev–Trinajstić information content (AvgIpc) is 3.47. The Hall–Kier alpha value is -5.96. The first-order chi connectivity index (χ1) is 23.2. The molecule has 0 radical (unpaired) electrons. The highest BCUT2D eigenvalue weighted by Gasteiger charge is 2.42. The second-order valence-corrected chi connectivity index (χ2v) is 14.8. The quantitative estimate of drug-likeness (QED) is 0.251. The van der Waals surface area contributed by atoms with Crippen LogP contribution >= 0.6 is 15.2 Å². The zero-order chi connectivity index (χ0) is 32.9. The van der Waals surface area contributed by atoms with Crippen molar-refractivity contribution in [2.75, 3.05) is 0 Å². The molecular formula is C34H18N2O10P2. The number of rotatable bonds is 4. The summed E-state index contributed by atoms with van der Waals surface area (Å²) >= 11 is 0. The molecule has 0 amide bonds. The van der Waals surface area contributed by atoms with Crippen molar-refractivity contribution in [3.05, 3.63) is 151 Å². The van der Waals surface area contributed by atoms with E-state index in [9.17, 15) is 28.3 Å². The number of fused-ring (bicyclic) bond motifs is 8. The van der Waals surface area contributed by atoms with Crippen LogP contribution in [0.3, 0.4) is 0 Å². The van der Waals surface area contributed by atoms with Gasteiger partial charge in [0.1, 0.15) is 11.5 Å². The summed E-state index contributed by atoms with van der Waals surface area (Å²) in [4.78, 5) is 54.3. The molecule has 234 valence electrons. The van der Waals surface area contributed by atoms with Gasteiger partial charge in [-0.15, -0.1) is 0 Å². The first-order valence-corrected chi connectivity index (χ1v) is 17.6. The fourth-order valence-electron chi connectivity index (χ4n) is 6.19. The van der Waals surface area contributed by atoms with Gasteiger partial charge >= 0.3 is 15.2 Å². The molecular weight excluding hydrogens is 658 g/mol. The summed E-state index contributed by atoms with van der Waals surface area (Å²) in [6.45, 7) is 0. The largest absolute Gasteiger partial charge is 0.482 e. The molecule has 7 aromatic rings. The molecule has 2 aliphatic rings. The van der Waals surface area contributed by atoms with Crippen LogP contribution in [0.25, 0.3) is 43.8 Å². The number of hydrogen-bond acceptors (Lipinski definition) is 10. The lowest BCUT2D eigenvalue weighted by atomic mass is 10.0. The van der Waals surface area contributed by atoms with Crippen molar-refractivity contribution in [2.45, 2.75) is 0 Å². The smallest absolute Gasteiger partial charge is 0.411 e. The average molecular weight is 676 g/mol. The molecule has 0 N–H and O–H groups in total. The maximum atomic E-state index is 14.2. The summed E-state index contributed by atoms with van der Waals surface area (Å²) in [5.41, 5.74) is -1.71. The van der Waals surface area contributed by atoms with Gasteiger partial charge in [0.05, 0.1) is 32.2 Å². The van der Waals surface area contributed by atoms with E-state index in [-0.39, 0.29) is 43.7 Å². The van der Waals surface area contributed by atoms with E-state index in [1.807, 2.05) is 0 Å². The van der Waals surface area contributed by atoms with E-state index in [2.05, 4.69) is 0 Å². The fourth-order valence-corrected chi connectivity index (χ4v) is 9.71. The van der Waals surface area contributed by atoms with E-state index in [1.54, 1.807) is 84.9 Å². The lowest BCUT2D eigenvalue weighted by Crippen LogP contribution is -2.35. The van der Waals surface area contributed by atoms with E-state index in [1.165, 1.54) is 12.1 Å². The standard InChI is InChI=1S/C34H18N2O10P2/c37-31-23-17-25-26(34(40)36(33(25)39)46-48(42)30-16-8-4-12-22(30)20-10-2-6-14-28(20)44-48)18-24(23)32(38)35(31)45-47(41)29-15-7-3-11-21(29)19-9-1-5-13-27(19)43-47/h1-18H. The third kappa shape index (κ3) is 3.84. The molecule has 0 saturated heterocycles. The van der Waals surface area contributed by atoms with Gasteiger partial charge < -0.3 is 18.3 Å². The van der Waals surface area contributed by atoms with E-state index in [0.717, 1.165) is 12.1 Å². The van der Waals surface area contributed by atoms with Crippen LogP contribution in [0.2, 0.25) is 0 Å². The Balaban J connectivity index is 1.15. The van der Waals surface area contributed by atoms with Crippen LogP contribution in [-0.2, 0) is 9.13 Å². The molecule has 14 heteroatoms. The Labute approximate surface area is 268 Å². The van der Waals surface area contributed by atoms with Gasteiger partial charge in [-0.25, -0.2) is 9.13 Å². The van der Waals surface area contributed by atoms with Crippen molar-refractivity contribution >= 4 is 47.3 Å². The zero-order valence-corrected chi connectivity index (χ0v) is 26.1. The lowest BCUT2D eigenvalue weighted by molar-refractivity contribution is 0.229. The molecule has 2 atom stereocenters. The number of benzene rings is 5. The van der Waals surface area contributed by atoms with Crippen LogP contribution in [0.15, 0.2) is 128 Å². The normalized spacial score (nSPS) is 19.0. The van der Waals surface area contributed by atoms with Gasteiger partial charge in [0.2, 0.25) is 0 Å². The maximum absolute atomic E-state index is 14.2. The third-order valence-corrected chi connectivity index (χ3v) is 12.0. The second kappa shape index (κ2) is 9.78. The molecule has 2 unspecified atom stereocenters. The predicted octanol–water partition coefficient (Wildman–Crippen LogP) is 3.93. The minimum absolute atomic E-state index is 0.143. The Morgan fingerprint density at radius 2 is 0.750 bits per heavy atom. The Morgan fingerprint density at radius 3 is 1.12 bits per heavy atom. The maximum Gasteiger partial charge on any atom is 0.482 e. The van der Waals surface area contributed by atoms with Crippen LogP contribution in [-0.4, -0.2) is 9.46 Å². The molecule has 4 heterocycles. The Kier molecular flexibility index (Phi) is 5.76. The third-order valence-electron chi connectivity index (χ3n) is 8.39. The summed E-state index contributed by atoms with van der Waals surface area (Å²) in [6, 6.07) is 28.9. The molecule has 9 rings (SSSR count). The van der Waals surface area contributed by atoms with Crippen molar-refractivity contribution in [1.82, 2.24) is 9.46 Å². The van der Waals surface area contributed by atoms with Gasteiger partial charge in [0.25, 0.3) is 22.2 Å². The predicted molar refractivity (Wildman–Crippen MR) is 178 cm³/mol. The van der Waals surface area contributed by atoms with Crippen LogP contribution in [0.5, 0.6) is 11.5 Å². The number of aromatic nitrogens is 2. The number of hydrogen-bond donors (Lipinski definition) is 0. The van der Waals surface area contributed by atoms with E-state index < -0.39 is 37.4 Å². The van der Waals surface area contributed by atoms with Crippen molar-refractivity contribution in [2.24, 2.45) is 0 Å². The molecule has 0 saturated carbocycles. The lowest BCUT2D eigenvalue weighted by Gasteiger charge is -2.27. The second-order valence-electron chi connectivity index (χ2n) is 11.1. The topological polar surface area (TPSA) is 149 Å². The van der Waals surface area contributed by atoms with E-state index in [0.29, 0.717) is 31.7 Å². The van der Waals surface area contributed by atoms with E-state index >= 15 is 0 Å². The minimum atomic E-state index is -4.34. The molecule has 2 aliphatic heterocycles. The molecule has 48 heavy (non-hydrogen) atoms. The zero-order valence-electron chi connectivity index (χ0n) is 24.3. The molecule has 0 aliphatic carbocycles. The molecule has 0 spiro atoms. The summed E-state index contributed by atoms with van der Waals surface area (Å²) in [5, 5.41) is -0.828. The van der Waals surface area contributed by atoms with Gasteiger partial charge in [-0.3, -0.25) is 19.2 Å². The van der Waals surface area contributed by atoms with Crippen LogP contribution < -0.4 is 51.1 Å². The monoisotopic (exact) mass is 676 g/mol. The highest BCUT2D eigenvalue weighted by atomic mass is 31.2. The van der Waals surface area contributed by atoms with Gasteiger partial charge in [-0.2, -0.15) is 0 Å². The highest BCUT2D eigenvalue weighted by molar-refractivity contribution is 7.63. The van der Waals surface area contributed by atoms with Crippen molar-refractivity contribution in [1.29, 1.82) is 0 Å². The molecule has 5 aromatic carbocycles. The van der Waals surface area contributed by atoms with Crippen LogP contribution in [0.4, 0.5) is 0 Å². The van der Waals surface area contributed by atoms with Gasteiger partial charge in [-0.1, -0.05) is 82.3 Å². The highest BCUT2D eigenvalue weighted by Crippen LogP contribution is 2.54. The van der Waals surface area contributed by atoms with E-state index in [4.69, 9.17) is 18.3 Å². The summed E-state index contributed by atoms with van der Waals surface area (Å²) in [6.07, 6.45) is 0. The molecule has 0 fully saturated rings. The molecule has 2 aromatic heterocycles. The Morgan fingerprint density at radius 1 is 0.438 bits per heavy atom. The number of para-hydroxylation sites is 2. The molecule has 0 bridgehead atoms. The Bertz CT molecular complexity index is 2600. The first-order valence-electron chi connectivity index (χ1n) is 14.5. The number of nitrogens with zero attached hydrogens (tertiary/aromatic N) is 2. The molecule has 12 nitrogen and oxygen atoms in total.